The van der Waals surface area contributed by atoms with E-state index in [2.05, 4.69) is 97.2 Å². The summed E-state index contributed by atoms with van der Waals surface area (Å²) in [6.45, 7) is 13.9. The molecule has 0 aliphatic heterocycles. The van der Waals surface area contributed by atoms with Crippen molar-refractivity contribution in [1.82, 2.24) is 0 Å². The highest BCUT2D eigenvalue weighted by Crippen LogP contribution is 2.22. The predicted octanol–water partition coefficient (Wildman–Crippen LogP) is 6.42. The second-order valence-corrected chi connectivity index (χ2v) is 18.3. The van der Waals surface area contributed by atoms with Gasteiger partial charge in [0.05, 0.1) is 0 Å². The third kappa shape index (κ3) is 6.76. The molecule has 0 aliphatic carbocycles. The van der Waals surface area contributed by atoms with Crippen molar-refractivity contribution in [3.8, 4) is 0 Å². The highest BCUT2D eigenvalue weighted by molar-refractivity contribution is 6.80. The molecule has 0 amide bonds. The molecule has 0 aliphatic rings. The first-order valence-electron chi connectivity index (χ1n) is 9.95. The molecule has 0 unspecified atom stereocenters. The monoisotopic (exact) mass is 410 g/mol. The zero-order valence-electron chi connectivity index (χ0n) is 18.1. The van der Waals surface area contributed by atoms with E-state index in [-0.39, 0.29) is 0 Å². The number of rotatable bonds is 9. The summed E-state index contributed by atoms with van der Waals surface area (Å²) in [6.07, 6.45) is 5.81. The molecule has 2 aromatic carbocycles. The Morgan fingerprint density at radius 1 is 0.607 bits per heavy atom. The van der Waals surface area contributed by atoms with Gasteiger partial charge >= 0.3 is 0 Å². The van der Waals surface area contributed by atoms with Gasteiger partial charge in [0.2, 0.25) is 0 Å². The zero-order chi connectivity index (χ0) is 20.6. The number of hydrogen-bond acceptors (Lipinski definition) is 4. The molecule has 0 atom stereocenters. The summed E-state index contributed by atoms with van der Waals surface area (Å²) in [7, 11) is -3.17. The average Bonchev–Trinajstić information content (AvgIpc) is 2.63. The lowest BCUT2D eigenvalue weighted by molar-refractivity contribution is 1.07. The van der Waals surface area contributed by atoms with Gasteiger partial charge in [0.1, 0.15) is 0 Å². The van der Waals surface area contributed by atoms with E-state index in [9.17, 15) is 0 Å². The van der Waals surface area contributed by atoms with Gasteiger partial charge in [-0.3, -0.25) is 9.35 Å². The Labute approximate surface area is 172 Å². The van der Waals surface area contributed by atoms with Crippen molar-refractivity contribution in [2.75, 3.05) is 9.35 Å². The fraction of sp³-hybridized carbons (Fsp3) is 0.364. The Kier molecular flexibility index (Phi) is 7.77. The van der Waals surface area contributed by atoms with Gasteiger partial charge in [0.15, 0.2) is 16.5 Å². The van der Waals surface area contributed by atoms with Crippen molar-refractivity contribution in [2.24, 2.45) is 10.2 Å². The molecule has 4 nitrogen and oxygen atoms in total. The van der Waals surface area contributed by atoms with Gasteiger partial charge in [-0.15, -0.1) is 0 Å². The van der Waals surface area contributed by atoms with E-state index in [4.69, 9.17) is 10.2 Å². The third-order valence-electron chi connectivity index (χ3n) is 4.09. The van der Waals surface area contributed by atoms with Crippen molar-refractivity contribution in [1.29, 1.82) is 0 Å². The average molecular weight is 411 g/mol. The van der Waals surface area contributed by atoms with Crippen molar-refractivity contribution < 1.29 is 0 Å². The van der Waals surface area contributed by atoms with Crippen molar-refractivity contribution in [2.45, 2.75) is 52.1 Å². The van der Waals surface area contributed by atoms with Gasteiger partial charge in [0.25, 0.3) is 0 Å². The second-order valence-electron chi connectivity index (χ2n) is 8.81. The molecule has 0 saturated heterocycles. The smallest absolute Gasteiger partial charge is 0.176 e. The lowest BCUT2D eigenvalue weighted by atomic mass is 10.3. The van der Waals surface area contributed by atoms with Crippen LogP contribution < -0.4 is 9.35 Å². The topological polar surface area (TPSA) is 31.2 Å². The lowest BCUT2D eigenvalue weighted by Gasteiger charge is -2.31. The van der Waals surface area contributed by atoms with Crippen LogP contribution in [0.4, 0.5) is 11.4 Å². The van der Waals surface area contributed by atoms with Gasteiger partial charge in [-0.2, -0.15) is 10.2 Å². The largest absolute Gasteiger partial charge is 0.296 e. The molecule has 0 radical (unpaired) electrons. The molecule has 0 heterocycles. The van der Waals surface area contributed by atoms with Crippen LogP contribution >= 0.6 is 0 Å². The molecule has 28 heavy (non-hydrogen) atoms. The van der Waals surface area contributed by atoms with Crippen LogP contribution in [0.25, 0.3) is 0 Å². The van der Waals surface area contributed by atoms with E-state index < -0.39 is 16.5 Å². The van der Waals surface area contributed by atoms with Crippen LogP contribution in [0, 0.1) is 0 Å². The van der Waals surface area contributed by atoms with E-state index in [1.165, 1.54) is 11.4 Å². The van der Waals surface area contributed by atoms with E-state index in [1.54, 1.807) is 0 Å². The molecule has 150 valence electrons. The number of benzene rings is 2. The van der Waals surface area contributed by atoms with Crippen molar-refractivity contribution in [3.05, 3.63) is 60.7 Å². The number of nitrogens with zero attached hydrogens (tertiary/aromatic N) is 4. The Morgan fingerprint density at radius 2 is 0.929 bits per heavy atom. The number of para-hydroxylation sites is 2. The number of hydrogen-bond donors (Lipinski definition) is 0. The SMILES string of the molecule is C[Si](C)(C)N(/N=C/CC/C=N/N(c1ccccc1)[Si](C)(C)C)c1ccccc1. The highest BCUT2D eigenvalue weighted by atomic mass is 28.3. The molecule has 2 rings (SSSR count). The van der Waals surface area contributed by atoms with Crippen molar-refractivity contribution >= 4 is 40.3 Å². The van der Waals surface area contributed by atoms with Gasteiger partial charge in [0, 0.05) is 23.8 Å². The molecular weight excluding hydrogens is 376 g/mol. The van der Waals surface area contributed by atoms with Crippen LogP contribution in [0.3, 0.4) is 0 Å². The number of unbranched alkanes of at least 4 members (excludes halogenated alkanes) is 1. The molecule has 6 heteroatoms. The summed E-state index contributed by atoms with van der Waals surface area (Å²) >= 11 is 0. The normalized spacial score (nSPS) is 12.6. The van der Waals surface area contributed by atoms with E-state index in [0.717, 1.165) is 12.8 Å². The minimum absolute atomic E-state index is 0.881. The fourth-order valence-corrected chi connectivity index (χ4v) is 5.52. The highest BCUT2D eigenvalue weighted by Gasteiger charge is 2.24. The van der Waals surface area contributed by atoms with Gasteiger partial charge in [-0.25, -0.2) is 0 Å². The van der Waals surface area contributed by atoms with Crippen LogP contribution in [0.1, 0.15) is 12.8 Å². The summed E-state index contributed by atoms with van der Waals surface area (Å²) in [5.41, 5.74) is 2.33. The molecule has 0 saturated carbocycles. The summed E-state index contributed by atoms with van der Waals surface area (Å²) in [5.74, 6) is 0. The molecule has 0 spiro atoms. The van der Waals surface area contributed by atoms with Crippen molar-refractivity contribution in [3.63, 3.8) is 0 Å². The summed E-state index contributed by atoms with van der Waals surface area (Å²) in [6, 6.07) is 20.9. The molecule has 0 fully saturated rings. The molecule has 2 aromatic rings. The number of anilines is 2. The third-order valence-corrected chi connectivity index (χ3v) is 7.38. The van der Waals surface area contributed by atoms with Crippen LogP contribution in [0.2, 0.25) is 39.3 Å². The standard InChI is InChI=1S/C22H34N4Si2/c1-27(2,3)25(21-15-9-7-10-16-21)23-19-13-14-20-24-26(28(4,5)6)22-17-11-8-12-18-22/h7-12,15-20H,13-14H2,1-6H3/b23-19+,24-20+. The fourth-order valence-electron chi connectivity index (χ4n) is 2.82. The minimum Gasteiger partial charge on any atom is -0.296 e. The summed E-state index contributed by atoms with van der Waals surface area (Å²) in [4.78, 5) is 0. The second kappa shape index (κ2) is 9.84. The van der Waals surface area contributed by atoms with E-state index in [0.29, 0.717) is 0 Å². The Hall–Kier alpha value is -2.19. The maximum atomic E-state index is 4.79. The zero-order valence-corrected chi connectivity index (χ0v) is 20.1. The maximum absolute atomic E-state index is 4.79. The van der Waals surface area contributed by atoms with Crippen LogP contribution in [-0.4, -0.2) is 28.9 Å². The van der Waals surface area contributed by atoms with Gasteiger partial charge < -0.3 is 0 Å². The molecular formula is C22H34N4Si2. The summed E-state index contributed by atoms with van der Waals surface area (Å²) in [5, 5.41) is 9.58. The number of hydrazone groups is 2. The maximum Gasteiger partial charge on any atom is 0.176 e. The quantitative estimate of drug-likeness (QED) is 0.207. The minimum atomic E-state index is -1.58. The van der Waals surface area contributed by atoms with E-state index >= 15 is 0 Å². The lowest BCUT2D eigenvalue weighted by Crippen LogP contribution is -2.42. The first-order valence-corrected chi connectivity index (χ1v) is 16.8. The van der Waals surface area contributed by atoms with Crippen LogP contribution in [-0.2, 0) is 0 Å². The van der Waals surface area contributed by atoms with Crippen LogP contribution in [0.15, 0.2) is 70.9 Å². The Morgan fingerprint density at radius 3 is 1.21 bits per heavy atom. The van der Waals surface area contributed by atoms with Gasteiger partial charge in [-0.1, -0.05) is 36.4 Å². The van der Waals surface area contributed by atoms with Crippen LogP contribution in [0.5, 0.6) is 0 Å². The predicted molar refractivity (Wildman–Crippen MR) is 131 cm³/mol. The molecule has 0 aromatic heterocycles. The Balaban J connectivity index is 1.99. The first-order chi connectivity index (χ1) is 13.2. The Bertz CT molecular complexity index is 695. The first kappa shape index (κ1) is 22.1. The van der Waals surface area contributed by atoms with Gasteiger partial charge in [-0.05, 0) is 76.4 Å². The summed E-state index contributed by atoms with van der Waals surface area (Å²) < 4.78 is 4.42. The molecule has 0 bridgehead atoms. The molecule has 0 N–H and O–H groups in total. The van der Waals surface area contributed by atoms with E-state index in [1.807, 2.05) is 24.6 Å².